The Morgan fingerprint density at radius 2 is 1.73 bits per heavy atom. The summed E-state index contributed by atoms with van der Waals surface area (Å²) in [4.78, 5) is 73.6. The Morgan fingerprint density at radius 3 is 2.53 bits per heavy atom. The number of rotatable bonds is 7. The Morgan fingerprint density at radius 1 is 0.900 bits per heavy atom. The first-order valence-corrected chi connectivity index (χ1v) is 19.7. The summed E-state index contributed by atoms with van der Waals surface area (Å²) in [5.41, 5.74) is 9.49. The first kappa shape index (κ1) is 37.9. The molecule has 14 nitrogen and oxygen atoms in total. The Hall–Kier alpha value is -7.66. The molecule has 0 bridgehead atoms. The SMILES string of the molecule is Cc1noc(C)c1-c1cc2c(c(-c3cccc4cc(-c5ccc(C(=O)NCCC#Cc6cccc7c6CN(C6CCC(=O)NC6=O)C7=O)nc5)ncc34)c1)NCCC(=O)N2. The average Bonchev–Trinajstić information content (AvgIpc) is 3.69. The number of fused-ring (bicyclic) bond motifs is 3. The lowest BCUT2D eigenvalue weighted by atomic mass is 9.92. The number of nitrogens with one attached hydrogen (secondary N) is 4. The third-order valence-electron chi connectivity index (χ3n) is 11.1. The van der Waals surface area contributed by atoms with Gasteiger partial charge in [-0.3, -0.25) is 39.3 Å². The summed E-state index contributed by atoms with van der Waals surface area (Å²) < 4.78 is 5.49. The quantitative estimate of drug-likeness (QED) is 0.0858. The van der Waals surface area contributed by atoms with Crippen molar-refractivity contribution < 1.29 is 28.5 Å². The first-order valence-electron chi connectivity index (χ1n) is 19.7. The third kappa shape index (κ3) is 7.10. The molecule has 4 N–H and O–H groups in total. The minimum Gasteiger partial charge on any atom is -0.382 e. The molecule has 1 fully saturated rings. The lowest BCUT2D eigenvalue weighted by Crippen LogP contribution is -2.52. The van der Waals surface area contributed by atoms with Gasteiger partial charge in [-0.05, 0) is 84.8 Å². The van der Waals surface area contributed by atoms with Crippen molar-refractivity contribution in [1.29, 1.82) is 0 Å². The van der Waals surface area contributed by atoms with Crippen molar-refractivity contribution in [3.05, 3.63) is 113 Å². The highest BCUT2D eigenvalue weighted by Crippen LogP contribution is 2.43. The second-order valence-corrected chi connectivity index (χ2v) is 14.9. The number of hydrogen-bond donors (Lipinski definition) is 4. The number of anilines is 2. The highest BCUT2D eigenvalue weighted by atomic mass is 16.5. The van der Waals surface area contributed by atoms with E-state index in [0.29, 0.717) is 47.7 Å². The van der Waals surface area contributed by atoms with Gasteiger partial charge in [0.25, 0.3) is 11.8 Å². The zero-order valence-corrected chi connectivity index (χ0v) is 32.8. The van der Waals surface area contributed by atoms with Gasteiger partial charge >= 0.3 is 0 Å². The van der Waals surface area contributed by atoms with Crippen LogP contribution in [0, 0.1) is 25.7 Å². The van der Waals surface area contributed by atoms with Crippen LogP contribution in [0.3, 0.4) is 0 Å². The van der Waals surface area contributed by atoms with Gasteiger partial charge in [0.05, 0.1) is 22.8 Å². The fourth-order valence-corrected chi connectivity index (χ4v) is 8.13. The minimum absolute atomic E-state index is 0.0652. The second kappa shape index (κ2) is 15.6. The Labute approximate surface area is 344 Å². The fourth-order valence-electron chi connectivity index (χ4n) is 8.13. The normalized spacial score (nSPS) is 15.9. The van der Waals surface area contributed by atoms with Crippen LogP contribution in [-0.4, -0.2) is 68.7 Å². The molecule has 3 aliphatic rings. The highest BCUT2D eigenvalue weighted by molar-refractivity contribution is 6.08. The van der Waals surface area contributed by atoms with Gasteiger partial charge in [0.15, 0.2) is 0 Å². The molecule has 298 valence electrons. The second-order valence-electron chi connectivity index (χ2n) is 14.9. The summed E-state index contributed by atoms with van der Waals surface area (Å²) in [7, 11) is 0. The standard InChI is InChI=1S/C46H38N8O6/c1-25-42(26(2)60-53-25)30-19-33(43-38(21-30)51-41(56)16-18-47-43)31-10-6-9-28-20-37(50-23-34(28)31)29-12-13-36(49-22-29)44(57)48-17-4-3-7-27-8-5-11-32-35(27)24-54(46(32)59)39-14-15-40(55)52-45(39)58/h5-6,8-13,19-23,39,47H,4,14-18,24H2,1-2H3,(H,48,57)(H,51,56)(H,52,55,58). The number of benzene rings is 3. The van der Waals surface area contributed by atoms with Crippen molar-refractivity contribution >= 4 is 51.7 Å². The van der Waals surface area contributed by atoms with E-state index in [1.54, 1.807) is 24.4 Å². The van der Waals surface area contributed by atoms with E-state index >= 15 is 0 Å². The van der Waals surface area contributed by atoms with Crippen molar-refractivity contribution in [3.63, 3.8) is 0 Å². The van der Waals surface area contributed by atoms with E-state index < -0.39 is 11.9 Å². The van der Waals surface area contributed by atoms with Gasteiger partial charge in [0, 0.05) is 84.5 Å². The number of aryl methyl sites for hydroxylation is 2. The van der Waals surface area contributed by atoms with Gasteiger partial charge < -0.3 is 25.4 Å². The van der Waals surface area contributed by atoms with E-state index in [1.807, 2.05) is 62.5 Å². The van der Waals surface area contributed by atoms with E-state index in [9.17, 15) is 24.0 Å². The van der Waals surface area contributed by atoms with E-state index in [1.165, 1.54) is 4.90 Å². The molecule has 3 aromatic heterocycles. The van der Waals surface area contributed by atoms with Gasteiger partial charge in [0.1, 0.15) is 17.5 Å². The number of pyridine rings is 2. The molecule has 6 aromatic rings. The number of aromatic nitrogens is 3. The lowest BCUT2D eigenvalue weighted by molar-refractivity contribution is -0.137. The van der Waals surface area contributed by atoms with Crippen LogP contribution < -0.4 is 21.3 Å². The van der Waals surface area contributed by atoms with Crippen LogP contribution in [0.25, 0.3) is 44.3 Å². The van der Waals surface area contributed by atoms with Crippen LogP contribution in [-0.2, 0) is 20.9 Å². The molecule has 0 radical (unpaired) electrons. The molecular weight excluding hydrogens is 761 g/mol. The van der Waals surface area contributed by atoms with Gasteiger partial charge in [-0.1, -0.05) is 41.3 Å². The summed E-state index contributed by atoms with van der Waals surface area (Å²) in [6.07, 6.45) is 4.64. The first-order chi connectivity index (χ1) is 29.1. The Bertz CT molecular complexity index is 2830. The zero-order valence-electron chi connectivity index (χ0n) is 32.8. The van der Waals surface area contributed by atoms with Crippen LogP contribution in [0.4, 0.5) is 11.4 Å². The molecule has 14 heteroatoms. The molecule has 6 heterocycles. The van der Waals surface area contributed by atoms with Crippen molar-refractivity contribution in [2.24, 2.45) is 0 Å². The Kier molecular flexibility index (Phi) is 9.85. The maximum absolute atomic E-state index is 13.1. The van der Waals surface area contributed by atoms with Crippen LogP contribution in [0.1, 0.15) is 69.1 Å². The maximum atomic E-state index is 13.1. The fraction of sp³-hybridized carbons (Fsp3) is 0.217. The Balaban J connectivity index is 0.880. The number of hydrogen-bond acceptors (Lipinski definition) is 10. The molecule has 5 amide bonds. The van der Waals surface area contributed by atoms with Crippen molar-refractivity contribution in [2.45, 2.75) is 52.1 Å². The molecule has 3 aliphatic heterocycles. The number of amides is 5. The number of nitrogens with zero attached hydrogens (tertiary/aromatic N) is 4. The maximum Gasteiger partial charge on any atom is 0.269 e. The predicted molar refractivity (Wildman–Crippen MR) is 223 cm³/mol. The zero-order chi connectivity index (χ0) is 41.5. The van der Waals surface area contributed by atoms with Crippen molar-refractivity contribution in [3.8, 4) is 45.4 Å². The van der Waals surface area contributed by atoms with Crippen LogP contribution in [0.2, 0.25) is 0 Å². The molecule has 0 saturated carbocycles. The summed E-state index contributed by atoms with van der Waals surface area (Å²) >= 11 is 0. The number of piperidine rings is 1. The van der Waals surface area contributed by atoms with Crippen LogP contribution >= 0.6 is 0 Å². The van der Waals surface area contributed by atoms with Crippen LogP contribution in [0.5, 0.6) is 0 Å². The van der Waals surface area contributed by atoms with E-state index in [-0.39, 0.29) is 55.3 Å². The highest BCUT2D eigenvalue weighted by Gasteiger charge is 2.39. The molecule has 1 atom stereocenters. The molecule has 1 saturated heterocycles. The number of imide groups is 1. The van der Waals surface area contributed by atoms with Crippen LogP contribution in [0.15, 0.2) is 83.6 Å². The van der Waals surface area contributed by atoms with Gasteiger partial charge in [-0.15, -0.1) is 0 Å². The molecular formula is C46H38N8O6. The van der Waals surface area contributed by atoms with Gasteiger partial charge in [-0.2, -0.15) is 0 Å². The lowest BCUT2D eigenvalue weighted by Gasteiger charge is -2.29. The number of carbonyl (C=O) groups is 5. The molecule has 60 heavy (non-hydrogen) atoms. The van der Waals surface area contributed by atoms with Crippen molar-refractivity contribution in [2.75, 3.05) is 23.7 Å². The summed E-state index contributed by atoms with van der Waals surface area (Å²) in [6, 6.07) is 20.2. The molecule has 9 rings (SSSR count). The largest absolute Gasteiger partial charge is 0.382 e. The van der Waals surface area contributed by atoms with Gasteiger partial charge in [-0.25, -0.2) is 0 Å². The monoisotopic (exact) mass is 798 g/mol. The molecule has 0 spiro atoms. The third-order valence-corrected chi connectivity index (χ3v) is 11.1. The topological polar surface area (TPSA) is 189 Å². The average molecular weight is 799 g/mol. The van der Waals surface area contributed by atoms with Gasteiger partial charge in [0.2, 0.25) is 17.7 Å². The minimum atomic E-state index is -0.699. The molecule has 0 aliphatic carbocycles. The summed E-state index contributed by atoms with van der Waals surface area (Å²) in [5.74, 6) is 5.44. The number of carbonyl (C=O) groups excluding carboxylic acids is 5. The van der Waals surface area contributed by atoms with Crippen molar-refractivity contribution in [1.82, 2.24) is 30.7 Å². The molecule has 1 unspecified atom stereocenters. The summed E-state index contributed by atoms with van der Waals surface area (Å²) in [5, 5.41) is 17.8. The smallest absolute Gasteiger partial charge is 0.269 e. The molecule has 3 aromatic carbocycles. The predicted octanol–water partition coefficient (Wildman–Crippen LogP) is 5.92. The van der Waals surface area contributed by atoms with E-state index in [2.05, 4.69) is 49.3 Å². The van der Waals surface area contributed by atoms with E-state index in [4.69, 9.17) is 9.51 Å². The van der Waals surface area contributed by atoms with E-state index in [0.717, 1.165) is 55.5 Å². The summed E-state index contributed by atoms with van der Waals surface area (Å²) in [6.45, 7) is 4.79.